The number of phenols is 1. The minimum Gasteiger partial charge on any atom is -0.505 e. The third-order valence-electron chi connectivity index (χ3n) is 5.59. The zero-order valence-electron chi connectivity index (χ0n) is 18.6. The zero-order chi connectivity index (χ0) is 24.5. The Balaban J connectivity index is 1.78. The highest BCUT2D eigenvalue weighted by Gasteiger charge is 2.35. The molecular weight excluding hydrogens is 482 g/mol. The van der Waals surface area contributed by atoms with Crippen molar-refractivity contribution < 1.29 is 31.7 Å². The van der Waals surface area contributed by atoms with E-state index in [1.165, 1.54) is 25.5 Å². The molecule has 1 fully saturated rings. The summed E-state index contributed by atoms with van der Waals surface area (Å²) in [5.74, 6) is -1.44. The Labute approximate surface area is 202 Å². The maximum atomic E-state index is 13.2. The number of carbonyl (C=O) groups excluding carboxylic acids is 1. The van der Waals surface area contributed by atoms with E-state index in [2.05, 4.69) is 5.32 Å². The monoisotopic (exact) mass is 505 g/mol. The van der Waals surface area contributed by atoms with Gasteiger partial charge in [0, 0.05) is 22.5 Å². The topological polar surface area (TPSA) is 115 Å². The number of methoxy groups -OCH3 is 1. The number of halogens is 1. The molecule has 0 bridgehead atoms. The number of allylic oxidation sites excluding steroid dienone is 2. The quantitative estimate of drug-likeness (QED) is 0.229. The highest BCUT2D eigenvalue weighted by molar-refractivity contribution is 7.87. The number of ketones is 1. The van der Waals surface area contributed by atoms with Crippen LogP contribution in [0.5, 0.6) is 11.5 Å². The lowest BCUT2D eigenvalue weighted by atomic mass is 10.0. The molecule has 1 saturated carbocycles. The van der Waals surface area contributed by atoms with Gasteiger partial charge in [-0.25, -0.2) is 0 Å². The molecule has 4 rings (SSSR count). The molecule has 1 aliphatic carbocycles. The molecule has 0 unspecified atom stereocenters. The van der Waals surface area contributed by atoms with Gasteiger partial charge in [0.2, 0.25) is 0 Å². The average Bonchev–Trinajstić information content (AvgIpc) is 3.45. The smallest absolute Gasteiger partial charge is 0.304 e. The summed E-state index contributed by atoms with van der Waals surface area (Å²) < 4.78 is 42.5. The zero-order valence-corrected chi connectivity index (χ0v) is 20.2. The molecule has 0 aliphatic heterocycles. The van der Waals surface area contributed by atoms with E-state index in [1.54, 1.807) is 31.2 Å². The SMILES string of the molecule is COc1c(C(=O)/C=C(/C)Nc2ccc(Cl)cc2)c(O)c(S(=O)(=O)OC2CCCC2)c2occc12. The second kappa shape index (κ2) is 9.69. The maximum absolute atomic E-state index is 13.2. The van der Waals surface area contributed by atoms with E-state index in [0.717, 1.165) is 12.8 Å². The van der Waals surface area contributed by atoms with E-state index >= 15 is 0 Å². The van der Waals surface area contributed by atoms with Crippen molar-refractivity contribution in [3.8, 4) is 11.5 Å². The number of benzene rings is 2. The van der Waals surface area contributed by atoms with Gasteiger partial charge in [0.1, 0.15) is 11.3 Å². The van der Waals surface area contributed by atoms with Crippen molar-refractivity contribution in [2.75, 3.05) is 12.4 Å². The maximum Gasteiger partial charge on any atom is 0.304 e. The van der Waals surface area contributed by atoms with Crippen LogP contribution in [0.15, 0.2) is 57.7 Å². The van der Waals surface area contributed by atoms with Gasteiger partial charge in [-0.15, -0.1) is 0 Å². The summed E-state index contributed by atoms with van der Waals surface area (Å²) >= 11 is 5.90. The van der Waals surface area contributed by atoms with Crippen molar-refractivity contribution in [1.29, 1.82) is 0 Å². The summed E-state index contributed by atoms with van der Waals surface area (Å²) in [6.07, 6.45) is 4.94. The molecule has 2 aromatic carbocycles. The largest absolute Gasteiger partial charge is 0.505 e. The van der Waals surface area contributed by atoms with Gasteiger partial charge in [-0.1, -0.05) is 24.4 Å². The second-order valence-corrected chi connectivity index (χ2v) is 9.98. The van der Waals surface area contributed by atoms with E-state index in [0.29, 0.717) is 29.2 Å². The molecule has 8 nitrogen and oxygen atoms in total. The van der Waals surface area contributed by atoms with Crippen LogP contribution in [0.3, 0.4) is 0 Å². The van der Waals surface area contributed by atoms with Gasteiger partial charge in [0.15, 0.2) is 22.0 Å². The summed E-state index contributed by atoms with van der Waals surface area (Å²) in [5, 5.41) is 14.9. The molecule has 0 atom stereocenters. The van der Waals surface area contributed by atoms with Gasteiger partial charge in [-0.05, 0) is 50.1 Å². The Hall–Kier alpha value is -3.01. The summed E-state index contributed by atoms with van der Waals surface area (Å²) in [5.41, 5.74) is 0.708. The molecule has 3 aromatic rings. The van der Waals surface area contributed by atoms with Crippen molar-refractivity contribution in [3.05, 3.63) is 59.0 Å². The van der Waals surface area contributed by atoms with Crippen molar-refractivity contribution in [2.45, 2.75) is 43.6 Å². The van der Waals surface area contributed by atoms with E-state index in [4.69, 9.17) is 24.9 Å². The van der Waals surface area contributed by atoms with E-state index in [-0.39, 0.29) is 22.3 Å². The van der Waals surface area contributed by atoms with Crippen molar-refractivity contribution in [1.82, 2.24) is 0 Å². The van der Waals surface area contributed by atoms with Gasteiger partial charge in [-0.2, -0.15) is 8.42 Å². The number of ether oxygens (including phenoxy) is 1. The van der Waals surface area contributed by atoms with Gasteiger partial charge < -0.3 is 19.6 Å². The van der Waals surface area contributed by atoms with E-state index in [9.17, 15) is 18.3 Å². The van der Waals surface area contributed by atoms with Crippen LogP contribution in [0.25, 0.3) is 11.0 Å². The molecular formula is C24H24ClNO7S. The van der Waals surface area contributed by atoms with Crippen molar-refractivity contribution in [2.24, 2.45) is 0 Å². The first-order chi connectivity index (χ1) is 16.2. The molecule has 1 heterocycles. The number of phenolic OH excluding ortho intramolecular Hbond substituents is 1. The minimum atomic E-state index is -4.43. The molecule has 1 aromatic heterocycles. The average molecular weight is 506 g/mol. The predicted molar refractivity (Wildman–Crippen MR) is 128 cm³/mol. The highest BCUT2D eigenvalue weighted by atomic mass is 35.5. The first-order valence-electron chi connectivity index (χ1n) is 10.7. The molecule has 0 saturated heterocycles. The Kier molecular flexibility index (Phi) is 6.88. The van der Waals surface area contributed by atoms with Crippen LogP contribution >= 0.6 is 11.6 Å². The lowest BCUT2D eigenvalue weighted by Crippen LogP contribution is -2.17. The van der Waals surface area contributed by atoms with E-state index < -0.39 is 32.7 Å². The van der Waals surface area contributed by atoms with Gasteiger partial charge in [0.05, 0.1) is 24.9 Å². The fraction of sp³-hybridized carbons (Fsp3) is 0.292. The Bertz CT molecular complexity index is 1350. The third-order valence-corrected chi connectivity index (χ3v) is 7.25. The fourth-order valence-electron chi connectivity index (χ4n) is 4.08. The van der Waals surface area contributed by atoms with Crippen LogP contribution in [-0.2, 0) is 14.3 Å². The molecule has 34 heavy (non-hydrogen) atoms. The van der Waals surface area contributed by atoms with Crippen LogP contribution in [0, 0.1) is 0 Å². The summed E-state index contributed by atoms with van der Waals surface area (Å²) in [6, 6.07) is 8.35. The number of nitrogens with one attached hydrogen (secondary N) is 1. The van der Waals surface area contributed by atoms with Crippen LogP contribution in [-0.4, -0.2) is 32.5 Å². The van der Waals surface area contributed by atoms with Gasteiger partial charge >= 0.3 is 10.1 Å². The summed E-state index contributed by atoms with van der Waals surface area (Å²) in [6.45, 7) is 1.66. The number of furan rings is 1. The number of anilines is 1. The van der Waals surface area contributed by atoms with Crippen LogP contribution in [0.4, 0.5) is 5.69 Å². The number of rotatable bonds is 8. The van der Waals surface area contributed by atoms with E-state index in [1.807, 2.05) is 0 Å². The number of aromatic hydroxyl groups is 1. The second-order valence-electron chi connectivity index (χ2n) is 8.03. The highest BCUT2D eigenvalue weighted by Crippen LogP contribution is 2.44. The van der Waals surface area contributed by atoms with Crippen molar-refractivity contribution in [3.63, 3.8) is 0 Å². The standard InChI is InChI=1S/C24H24ClNO7S/c1-14(26-16-9-7-15(25)8-10-16)13-19(27)20-21(28)24(23-18(11-12-32-23)22(20)31-2)34(29,30)33-17-5-3-4-6-17/h7-13,17,26,28H,3-6H2,1-2H3/b14-13-. The normalized spacial score (nSPS) is 15.1. The molecule has 0 spiro atoms. The molecule has 2 N–H and O–H groups in total. The first kappa shape index (κ1) is 24.1. The summed E-state index contributed by atoms with van der Waals surface area (Å²) in [7, 11) is -3.11. The lowest BCUT2D eigenvalue weighted by Gasteiger charge is -2.16. The van der Waals surface area contributed by atoms with Crippen LogP contribution in [0.2, 0.25) is 5.02 Å². The predicted octanol–water partition coefficient (Wildman–Crippen LogP) is 5.65. The van der Waals surface area contributed by atoms with Crippen LogP contribution in [0.1, 0.15) is 43.0 Å². The molecule has 180 valence electrons. The van der Waals surface area contributed by atoms with Crippen molar-refractivity contribution >= 4 is 44.2 Å². The molecule has 10 heteroatoms. The molecule has 0 radical (unpaired) electrons. The molecule has 1 aliphatic rings. The minimum absolute atomic E-state index is 0.00149. The van der Waals surface area contributed by atoms with Crippen LogP contribution < -0.4 is 10.1 Å². The first-order valence-corrected chi connectivity index (χ1v) is 12.5. The Morgan fingerprint density at radius 2 is 1.88 bits per heavy atom. The van der Waals surface area contributed by atoms with Gasteiger partial charge in [0.25, 0.3) is 0 Å². The molecule has 0 amide bonds. The number of carbonyl (C=O) groups is 1. The number of hydrogen-bond donors (Lipinski definition) is 2. The third kappa shape index (κ3) is 4.77. The fourth-order valence-corrected chi connectivity index (χ4v) is 5.57. The number of hydrogen-bond acceptors (Lipinski definition) is 8. The summed E-state index contributed by atoms with van der Waals surface area (Å²) in [4.78, 5) is 12.7. The Morgan fingerprint density at radius 3 is 2.53 bits per heavy atom. The lowest BCUT2D eigenvalue weighted by molar-refractivity contribution is 0.104. The number of fused-ring (bicyclic) bond motifs is 1. The van der Waals surface area contributed by atoms with Gasteiger partial charge in [-0.3, -0.25) is 8.98 Å². The Morgan fingerprint density at radius 1 is 1.21 bits per heavy atom.